The summed E-state index contributed by atoms with van der Waals surface area (Å²) < 4.78 is 0. The highest BCUT2D eigenvalue weighted by Gasteiger charge is 2.23. The molecule has 1 amide bonds. The molecule has 0 saturated heterocycles. The van der Waals surface area contributed by atoms with Crippen LogP contribution in [0.5, 0.6) is 0 Å². The van der Waals surface area contributed by atoms with E-state index in [0.717, 1.165) is 18.1 Å². The average molecular weight is 226 g/mol. The monoisotopic (exact) mass is 226 g/mol. The van der Waals surface area contributed by atoms with Crippen molar-refractivity contribution in [1.29, 1.82) is 5.26 Å². The fraction of sp³-hybridized carbons (Fsp3) is 0.818. The Morgan fingerprint density at radius 2 is 2.07 bits per heavy atom. The third-order valence-corrected chi connectivity index (χ3v) is 4.08. The topological polar surface area (TPSA) is 52.9 Å². The molecular formula is C11H18N2OS. The summed E-state index contributed by atoms with van der Waals surface area (Å²) in [6.07, 6.45) is 6.59. The van der Waals surface area contributed by atoms with Gasteiger partial charge in [0.15, 0.2) is 0 Å². The number of nitrogens with zero attached hydrogens (tertiary/aromatic N) is 1. The number of thioether (sulfide) groups is 1. The van der Waals surface area contributed by atoms with Gasteiger partial charge in [-0.2, -0.15) is 17.0 Å². The predicted molar refractivity (Wildman–Crippen MR) is 62.5 cm³/mol. The molecule has 3 nitrogen and oxygen atoms in total. The zero-order valence-corrected chi connectivity index (χ0v) is 10.1. The molecule has 0 aliphatic heterocycles. The Balaban J connectivity index is 2.30. The van der Waals surface area contributed by atoms with Crippen molar-refractivity contribution >= 4 is 17.7 Å². The number of nitrogens with one attached hydrogen (secondary N) is 1. The van der Waals surface area contributed by atoms with Crippen LogP contribution in [0.3, 0.4) is 0 Å². The maximum atomic E-state index is 11.5. The van der Waals surface area contributed by atoms with Crippen LogP contribution in [-0.4, -0.2) is 23.5 Å². The third-order valence-electron chi connectivity index (χ3n) is 2.94. The highest BCUT2D eigenvalue weighted by atomic mass is 32.2. The van der Waals surface area contributed by atoms with Crippen LogP contribution >= 0.6 is 11.8 Å². The number of carbonyl (C=O) groups is 1. The molecule has 0 aromatic rings. The van der Waals surface area contributed by atoms with Crippen LogP contribution in [0.2, 0.25) is 0 Å². The van der Waals surface area contributed by atoms with Crippen molar-refractivity contribution in [2.45, 2.75) is 43.9 Å². The largest absolute Gasteiger partial charge is 0.352 e. The standard InChI is InChI=1S/C11H18N2OS/c1-8(7-12)11(14)13-9-3-5-10(15-2)6-4-9/h8-10H,3-6H2,1-2H3,(H,13,14). The number of amides is 1. The highest BCUT2D eigenvalue weighted by Crippen LogP contribution is 2.26. The molecule has 1 unspecified atom stereocenters. The fourth-order valence-corrected chi connectivity index (χ4v) is 2.57. The lowest BCUT2D eigenvalue weighted by molar-refractivity contribution is -0.123. The molecule has 1 atom stereocenters. The van der Waals surface area contributed by atoms with Gasteiger partial charge in [-0.25, -0.2) is 0 Å². The molecule has 0 spiro atoms. The minimum absolute atomic E-state index is 0.120. The van der Waals surface area contributed by atoms with Crippen LogP contribution < -0.4 is 5.32 Å². The molecule has 0 heterocycles. The van der Waals surface area contributed by atoms with Crippen molar-refractivity contribution in [3.05, 3.63) is 0 Å². The van der Waals surface area contributed by atoms with Crippen molar-refractivity contribution in [2.75, 3.05) is 6.26 Å². The molecule has 4 heteroatoms. The minimum atomic E-state index is -0.525. The summed E-state index contributed by atoms with van der Waals surface area (Å²) in [5.74, 6) is -0.645. The summed E-state index contributed by atoms with van der Waals surface area (Å²) in [5.41, 5.74) is 0. The number of hydrogen-bond donors (Lipinski definition) is 1. The highest BCUT2D eigenvalue weighted by molar-refractivity contribution is 7.99. The molecule has 0 aromatic heterocycles. The average Bonchev–Trinajstić information content (AvgIpc) is 2.29. The Morgan fingerprint density at radius 3 is 2.53 bits per heavy atom. The summed E-state index contributed by atoms with van der Waals surface area (Å²) in [5, 5.41) is 12.3. The van der Waals surface area contributed by atoms with Gasteiger partial charge in [-0.15, -0.1) is 0 Å². The molecule has 1 rings (SSSR count). The van der Waals surface area contributed by atoms with E-state index in [1.807, 2.05) is 17.8 Å². The normalized spacial score (nSPS) is 27.8. The molecule has 1 N–H and O–H groups in total. The van der Waals surface area contributed by atoms with E-state index in [2.05, 4.69) is 11.6 Å². The fourth-order valence-electron chi connectivity index (χ4n) is 1.83. The Kier molecular flexibility index (Phi) is 4.97. The lowest BCUT2D eigenvalue weighted by atomic mass is 9.94. The number of carbonyl (C=O) groups excluding carboxylic acids is 1. The number of rotatable bonds is 3. The second-order valence-electron chi connectivity index (χ2n) is 4.07. The van der Waals surface area contributed by atoms with Gasteiger partial charge in [-0.1, -0.05) is 0 Å². The summed E-state index contributed by atoms with van der Waals surface area (Å²) >= 11 is 1.91. The number of nitriles is 1. The summed E-state index contributed by atoms with van der Waals surface area (Å²) in [6.45, 7) is 1.64. The summed E-state index contributed by atoms with van der Waals surface area (Å²) in [4.78, 5) is 11.5. The van der Waals surface area contributed by atoms with E-state index < -0.39 is 5.92 Å². The first kappa shape index (κ1) is 12.4. The molecular weight excluding hydrogens is 208 g/mol. The zero-order valence-electron chi connectivity index (χ0n) is 9.32. The third kappa shape index (κ3) is 3.75. The first-order valence-corrected chi connectivity index (χ1v) is 6.69. The van der Waals surface area contributed by atoms with Gasteiger partial charge < -0.3 is 5.32 Å². The van der Waals surface area contributed by atoms with E-state index >= 15 is 0 Å². The van der Waals surface area contributed by atoms with Crippen LogP contribution in [0.1, 0.15) is 32.6 Å². The summed E-state index contributed by atoms with van der Waals surface area (Å²) in [6, 6.07) is 2.25. The second-order valence-corrected chi connectivity index (χ2v) is 5.21. The van der Waals surface area contributed by atoms with Crippen LogP contribution in [0.25, 0.3) is 0 Å². The first-order chi connectivity index (χ1) is 7.17. The molecule has 15 heavy (non-hydrogen) atoms. The van der Waals surface area contributed by atoms with E-state index in [-0.39, 0.29) is 11.9 Å². The lowest BCUT2D eigenvalue weighted by Crippen LogP contribution is -2.40. The van der Waals surface area contributed by atoms with Crippen molar-refractivity contribution in [1.82, 2.24) is 5.32 Å². The number of hydrogen-bond acceptors (Lipinski definition) is 3. The van der Waals surface area contributed by atoms with Crippen LogP contribution in [0.4, 0.5) is 0 Å². The van der Waals surface area contributed by atoms with Crippen LogP contribution in [-0.2, 0) is 4.79 Å². The van der Waals surface area contributed by atoms with Gasteiger partial charge in [0.05, 0.1) is 6.07 Å². The quantitative estimate of drug-likeness (QED) is 0.800. The summed E-state index contributed by atoms with van der Waals surface area (Å²) in [7, 11) is 0. The maximum absolute atomic E-state index is 11.5. The van der Waals surface area contributed by atoms with E-state index in [9.17, 15) is 4.79 Å². The van der Waals surface area contributed by atoms with Gasteiger partial charge in [0.25, 0.3) is 0 Å². The maximum Gasteiger partial charge on any atom is 0.237 e. The molecule has 84 valence electrons. The zero-order chi connectivity index (χ0) is 11.3. The van der Waals surface area contributed by atoms with Crippen LogP contribution in [0, 0.1) is 17.2 Å². The van der Waals surface area contributed by atoms with E-state index in [1.54, 1.807) is 6.92 Å². The minimum Gasteiger partial charge on any atom is -0.352 e. The van der Waals surface area contributed by atoms with Gasteiger partial charge >= 0.3 is 0 Å². The second kappa shape index (κ2) is 6.02. The van der Waals surface area contributed by atoms with Crippen LogP contribution in [0.15, 0.2) is 0 Å². The molecule has 0 bridgehead atoms. The van der Waals surface area contributed by atoms with Gasteiger partial charge in [-0.3, -0.25) is 4.79 Å². The molecule has 1 aliphatic rings. The van der Waals surface area contributed by atoms with Crippen molar-refractivity contribution < 1.29 is 4.79 Å². The smallest absolute Gasteiger partial charge is 0.237 e. The van der Waals surface area contributed by atoms with Gasteiger partial charge in [0.1, 0.15) is 5.92 Å². The molecule has 0 aromatic carbocycles. The Labute approximate surface area is 95.6 Å². The Bertz CT molecular complexity index is 254. The lowest BCUT2D eigenvalue weighted by Gasteiger charge is -2.28. The SMILES string of the molecule is CSC1CCC(NC(=O)C(C)C#N)CC1. The van der Waals surface area contributed by atoms with Crippen molar-refractivity contribution in [3.8, 4) is 6.07 Å². The van der Waals surface area contributed by atoms with E-state index in [4.69, 9.17) is 5.26 Å². The molecule has 1 fully saturated rings. The van der Waals surface area contributed by atoms with E-state index in [0.29, 0.717) is 0 Å². The van der Waals surface area contributed by atoms with Gasteiger partial charge in [-0.05, 0) is 38.9 Å². The van der Waals surface area contributed by atoms with Crippen molar-refractivity contribution in [3.63, 3.8) is 0 Å². The molecule has 1 aliphatic carbocycles. The van der Waals surface area contributed by atoms with E-state index in [1.165, 1.54) is 12.8 Å². The molecule has 1 saturated carbocycles. The molecule has 0 radical (unpaired) electrons. The van der Waals surface area contributed by atoms with Gasteiger partial charge in [0.2, 0.25) is 5.91 Å². The Hall–Kier alpha value is -0.690. The van der Waals surface area contributed by atoms with Crippen molar-refractivity contribution in [2.24, 2.45) is 5.92 Å². The Morgan fingerprint density at radius 1 is 1.47 bits per heavy atom. The predicted octanol–water partition coefficient (Wildman–Crippen LogP) is 1.94. The van der Waals surface area contributed by atoms with Gasteiger partial charge in [0, 0.05) is 11.3 Å². The first-order valence-electron chi connectivity index (χ1n) is 5.40.